The van der Waals surface area contributed by atoms with Crippen molar-refractivity contribution in [2.24, 2.45) is 0 Å². The monoisotopic (exact) mass is 381 g/mol. The molecule has 28 heavy (non-hydrogen) atoms. The van der Waals surface area contributed by atoms with Crippen LogP contribution in [0.15, 0.2) is 17.8 Å². The lowest BCUT2D eigenvalue weighted by Crippen LogP contribution is -2.34. The normalized spacial score (nSPS) is 19.3. The van der Waals surface area contributed by atoms with E-state index < -0.39 is 0 Å². The lowest BCUT2D eigenvalue weighted by atomic mass is 9.96. The van der Waals surface area contributed by atoms with E-state index in [2.05, 4.69) is 35.1 Å². The highest BCUT2D eigenvalue weighted by Gasteiger charge is 2.26. The Labute approximate surface area is 160 Å². The quantitative estimate of drug-likeness (QED) is 0.472. The van der Waals surface area contributed by atoms with Gasteiger partial charge in [-0.3, -0.25) is 14.9 Å². The van der Waals surface area contributed by atoms with Gasteiger partial charge in [-0.1, -0.05) is 0 Å². The highest BCUT2D eigenvalue weighted by Crippen LogP contribution is 2.28. The Kier molecular flexibility index (Phi) is 4.55. The molecular formula is C17H19N9O2. The molecule has 0 aliphatic carbocycles. The van der Waals surface area contributed by atoms with E-state index in [9.17, 15) is 9.59 Å². The third-order valence-corrected chi connectivity index (χ3v) is 4.71. The van der Waals surface area contributed by atoms with Crippen molar-refractivity contribution >= 4 is 35.7 Å². The summed E-state index contributed by atoms with van der Waals surface area (Å²) in [6.45, 7) is 1.43. The van der Waals surface area contributed by atoms with Crippen LogP contribution in [-0.2, 0) is 9.59 Å². The maximum Gasteiger partial charge on any atom is 0.254 e. The van der Waals surface area contributed by atoms with E-state index in [0.29, 0.717) is 23.0 Å². The molecule has 2 aromatic heterocycles. The second-order valence-electron chi connectivity index (χ2n) is 6.68. The number of nitrogens with zero attached hydrogens (tertiary/aromatic N) is 6. The molecule has 0 aromatic carbocycles. The summed E-state index contributed by atoms with van der Waals surface area (Å²) in [6.07, 6.45) is 4.93. The van der Waals surface area contributed by atoms with Crippen LogP contribution in [0.25, 0.3) is 6.08 Å². The number of carbonyl (C=O) groups excluding carboxylic acids is 2. The summed E-state index contributed by atoms with van der Waals surface area (Å²) >= 11 is 0. The van der Waals surface area contributed by atoms with Crippen molar-refractivity contribution in [3.8, 4) is 0 Å². The second-order valence-corrected chi connectivity index (χ2v) is 6.68. The van der Waals surface area contributed by atoms with Gasteiger partial charge in [0.2, 0.25) is 23.8 Å². The van der Waals surface area contributed by atoms with Crippen LogP contribution in [-0.4, -0.2) is 49.8 Å². The molecule has 0 bridgehead atoms. The second kappa shape index (κ2) is 7.18. The van der Waals surface area contributed by atoms with E-state index in [1.54, 1.807) is 18.3 Å². The first-order valence-corrected chi connectivity index (χ1v) is 8.87. The van der Waals surface area contributed by atoms with Gasteiger partial charge in [0.25, 0.3) is 5.91 Å². The first-order valence-electron chi connectivity index (χ1n) is 8.87. The molecule has 0 spiro atoms. The van der Waals surface area contributed by atoms with E-state index in [-0.39, 0.29) is 36.0 Å². The largest absolute Gasteiger partial charge is 0.368 e. The fourth-order valence-electron chi connectivity index (χ4n) is 3.34. The van der Waals surface area contributed by atoms with Gasteiger partial charge in [0.05, 0.1) is 12.1 Å². The van der Waals surface area contributed by atoms with E-state index in [4.69, 9.17) is 11.5 Å². The zero-order valence-electron chi connectivity index (χ0n) is 15.0. The number of rotatable bonds is 3. The molecular weight excluding hydrogens is 362 g/mol. The number of hydrogen-bond acceptors (Lipinski definition) is 10. The molecule has 2 aliphatic heterocycles. The fourth-order valence-corrected chi connectivity index (χ4v) is 3.34. The first-order chi connectivity index (χ1) is 13.5. The van der Waals surface area contributed by atoms with Gasteiger partial charge < -0.3 is 16.4 Å². The number of hydrogen-bond donors (Lipinski definition) is 3. The molecule has 11 nitrogen and oxygen atoms in total. The number of nitrogen functional groups attached to an aromatic ring is 2. The number of amides is 2. The third-order valence-electron chi connectivity index (χ3n) is 4.71. The SMILES string of the molecule is Nc1nc(N)nc(C2CCN(c3nccc(/C=C4\CC(=O)NC4=O)n3)CC2)n1. The fraction of sp³-hybridized carbons (Fsp3) is 0.353. The van der Waals surface area contributed by atoms with E-state index in [1.807, 2.05) is 0 Å². The van der Waals surface area contributed by atoms with Crippen LogP contribution in [0.3, 0.4) is 0 Å². The summed E-state index contributed by atoms with van der Waals surface area (Å²) in [4.78, 5) is 46.1. The Morgan fingerprint density at radius 3 is 2.43 bits per heavy atom. The summed E-state index contributed by atoms with van der Waals surface area (Å²) in [5, 5.41) is 2.26. The minimum absolute atomic E-state index is 0.0712. The Morgan fingerprint density at radius 2 is 1.79 bits per heavy atom. The lowest BCUT2D eigenvalue weighted by Gasteiger charge is -2.31. The topological polar surface area (TPSA) is 166 Å². The average molecular weight is 381 g/mol. The summed E-state index contributed by atoms with van der Waals surface area (Å²) in [5.74, 6) is 0.913. The van der Waals surface area contributed by atoms with Gasteiger partial charge in [0.1, 0.15) is 5.82 Å². The van der Waals surface area contributed by atoms with Crippen molar-refractivity contribution < 1.29 is 9.59 Å². The van der Waals surface area contributed by atoms with Gasteiger partial charge in [-0.25, -0.2) is 9.97 Å². The molecule has 2 aliphatic rings. The van der Waals surface area contributed by atoms with Gasteiger partial charge in [0, 0.05) is 30.8 Å². The standard InChI is InChI=1S/C17H19N9O2/c18-15-23-13(24-16(19)25-15)9-2-5-26(6-3-9)17-20-4-1-11(21-17)7-10-8-12(27)22-14(10)28/h1,4,7,9H,2-3,5-6,8H2,(H,22,27,28)(H4,18,19,23,24,25)/b10-7+. The van der Waals surface area contributed by atoms with Crippen molar-refractivity contribution in [1.82, 2.24) is 30.2 Å². The number of anilines is 3. The van der Waals surface area contributed by atoms with E-state index in [0.717, 1.165) is 25.9 Å². The zero-order valence-corrected chi connectivity index (χ0v) is 15.0. The first kappa shape index (κ1) is 17.8. The van der Waals surface area contributed by atoms with Gasteiger partial charge in [0.15, 0.2) is 0 Å². The van der Waals surface area contributed by atoms with Crippen molar-refractivity contribution in [3.63, 3.8) is 0 Å². The summed E-state index contributed by atoms with van der Waals surface area (Å²) in [6, 6.07) is 1.70. The Morgan fingerprint density at radius 1 is 1.07 bits per heavy atom. The molecule has 2 amide bonds. The number of piperidine rings is 1. The van der Waals surface area contributed by atoms with Crippen LogP contribution in [0, 0.1) is 0 Å². The lowest BCUT2D eigenvalue weighted by molar-refractivity contribution is -0.124. The molecule has 2 fully saturated rings. The van der Waals surface area contributed by atoms with E-state index >= 15 is 0 Å². The minimum Gasteiger partial charge on any atom is -0.368 e. The number of imide groups is 1. The maximum atomic E-state index is 11.7. The van der Waals surface area contributed by atoms with Crippen molar-refractivity contribution in [3.05, 3.63) is 29.4 Å². The van der Waals surface area contributed by atoms with Crippen LogP contribution < -0.4 is 21.7 Å². The highest BCUT2D eigenvalue weighted by atomic mass is 16.2. The zero-order chi connectivity index (χ0) is 19.7. The van der Waals surface area contributed by atoms with Gasteiger partial charge >= 0.3 is 0 Å². The van der Waals surface area contributed by atoms with Gasteiger partial charge in [-0.15, -0.1) is 0 Å². The van der Waals surface area contributed by atoms with Crippen LogP contribution in [0.2, 0.25) is 0 Å². The molecule has 2 saturated heterocycles. The summed E-state index contributed by atoms with van der Waals surface area (Å²) < 4.78 is 0. The Hall–Kier alpha value is -3.63. The molecule has 0 saturated carbocycles. The van der Waals surface area contributed by atoms with Crippen LogP contribution >= 0.6 is 0 Å². The molecule has 2 aromatic rings. The van der Waals surface area contributed by atoms with Gasteiger partial charge in [-0.05, 0) is 25.0 Å². The highest BCUT2D eigenvalue weighted by molar-refractivity contribution is 6.15. The smallest absolute Gasteiger partial charge is 0.254 e. The Bertz CT molecular complexity index is 947. The van der Waals surface area contributed by atoms with Crippen molar-refractivity contribution in [1.29, 1.82) is 0 Å². The Balaban J connectivity index is 1.46. The third kappa shape index (κ3) is 3.72. The molecule has 0 radical (unpaired) electrons. The molecule has 4 rings (SSSR count). The van der Waals surface area contributed by atoms with Crippen molar-refractivity contribution in [2.45, 2.75) is 25.2 Å². The minimum atomic E-state index is -0.373. The predicted octanol–water partition coefficient (Wildman–Crippen LogP) is -0.360. The number of nitrogens with two attached hydrogens (primary N) is 2. The molecule has 144 valence electrons. The molecule has 11 heteroatoms. The summed E-state index contributed by atoms with van der Waals surface area (Å²) in [7, 11) is 0. The van der Waals surface area contributed by atoms with Crippen molar-refractivity contribution in [2.75, 3.05) is 29.5 Å². The number of aromatic nitrogens is 5. The molecule has 5 N–H and O–H groups in total. The number of carbonyl (C=O) groups is 2. The van der Waals surface area contributed by atoms with E-state index in [1.165, 1.54) is 0 Å². The molecule has 0 unspecified atom stereocenters. The number of nitrogens with one attached hydrogen (secondary N) is 1. The van der Waals surface area contributed by atoms with Crippen LogP contribution in [0.4, 0.5) is 17.8 Å². The van der Waals surface area contributed by atoms with Gasteiger partial charge in [-0.2, -0.15) is 15.0 Å². The maximum absolute atomic E-state index is 11.7. The van der Waals surface area contributed by atoms with Crippen LogP contribution in [0.5, 0.6) is 0 Å². The summed E-state index contributed by atoms with van der Waals surface area (Å²) in [5.41, 5.74) is 12.3. The molecule has 4 heterocycles. The van der Waals surface area contributed by atoms with Crippen LogP contribution in [0.1, 0.15) is 36.7 Å². The predicted molar refractivity (Wildman–Crippen MR) is 101 cm³/mol. The molecule has 0 atom stereocenters. The average Bonchev–Trinajstić information content (AvgIpc) is 2.98.